The number of pyridine rings is 1. The van der Waals surface area contributed by atoms with Gasteiger partial charge in [-0.1, -0.05) is 42.5 Å². The van der Waals surface area contributed by atoms with Gasteiger partial charge in [-0.25, -0.2) is 4.98 Å². The number of nitrogens with zero attached hydrogens (tertiary/aromatic N) is 1. The van der Waals surface area contributed by atoms with Crippen LogP contribution in [0.3, 0.4) is 0 Å². The van der Waals surface area contributed by atoms with Gasteiger partial charge in [0.2, 0.25) is 0 Å². The summed E-state index contributed by atoms with van der Waals surface area (Å²) in [6.07, 6.45) is 0. The lowest BCUT2D eigenvalue weighted by Gasteiger charge is -2.11. The predicted molar refractivity (Wildman–Crippen MR) is 102 cm³/mol. The fraction of sp³-hybridized carbons (Fsp3) is 0. The van der Waals surface area contributed by atoms with Gasteiger partial charge in [0.05, 0.1) is 5.52 Å². The van der Waals surface area contributed by atoms with E-state index in [4.69, 9.17) is 5.73 Å². The zero-order chi connectivity index (χ0) is 15.1. The Balaban J connectivity index is 2.14. The lowest BCUT2D eigenvalue weighted by Crippen LogP contribution is -1.93. The fourth-order valence-corrected chi connectivity index (χ4v) is 3.53. The number of halogens is 1. The van der Waals surface area contributed by atoms with Crippen LogP contribution in [0.5, 0.6) is 0 Å². The van der Waals surface area contributed by atoms with Crippen LogP contribution in [0.25, 0.3) is 32.8 Å². The summed E-state index contributed by atoms with van der Waals surface area (Å²) < 4.78 is 1.19. The van der Waals surface area contributed by atoms with Crippen molar-refractivity contribution >= 4 is 50.1 Å². The zero-order valence-electron chi connectivity index (χ0n) is 11.8. The summed E-state index contributed by atoms with van der Waals surface area (Å²) in [4.78, 5) is 4.57. The van der Waals surface area contributed by atoms with Crippen LogP contribution in [-0.2, 0) is 0 Å². The van der Waals surface area contributed by atoms with Gasteiger partial charge in [0.25, 0.3) is 0 Å². The third-order valence-corrected chi connectivity index (χ3v) is 4.48. The number of hydrogen-bond donors (Lipinski definition) is 1. The largest absolute Gasteiger partial charge is 0.384 e. The first-order valence-electron chi connectivity index (χ1n) is 7.06. The molecule has 0 aliphatic carbocycles. The van der Waals surface area contributed by atoms with E-state index in [1.165, 1.54) is 19.9 Å². The number of nitrogen functional groups attached to an aromatic ring is 1. The van der Waals surface area contributed by atoms with Crippen LogP contribution in [-0.4, -0.2) is 4.98 Å². The van der Waals surface area contributed by atoms with Crippen LogP contribution in [0.1, 0.15) is 0 Å². The van der Waals surface area contributed by atoms with Crippen LogP contribution in [0.15, 0.2) is 66.7 Å². The minimum absolute atomic E-state index is 0.551. The van der Waals surface area contributed by atoms with Gasteiger partial charge in [-0.15, -0.1) is 0 Å². The van der Waals surface area contributed by atoms with Gasteiger partial charge in [0.15, 0.2) is 0 Å². The minimum Gasteiger partial charge on any atom is -0.384 e. The van der Waals surface area contributed by atoms with E-state index in [-0.39, 0.29) is 0 Å². The molecule has 0 bridgehead atoms. The Morgan fingerprint density at radius 2 is 1.59 bits per heavy atom. The summed E-state index contributed by atoms with van der Waals surface area (Å²) in [5.74, 6) is 0.551. The lowest BCUT2D eigenvalue weighted by atomic mass is 9.96. The SMILES string of the molecule is Nc1ccc2cc(I)cc(-c3cccc4ccccc34)c2n1. The molecule has 106 valence electrons. The van der Waals surface area contributed by atoms with E-state index < -0.39 is 0 Å². The van der Waals surface area contributed by atoms with E-state index >= 15 is 0 Å². The second kappa shape index (κ2) is 5.25. The number of nitrogens with two attached hydrogens (primary N) is 1. The van der Waals surface area contributed by atoms with Gasteiger partial charge >= 0.3 is 0 Å². The number of fused-ring (bicyclic) bond motifs is 2. The van der Waals surface area contributed by atoms with Gasteiger partial charge in [0.1, 0.15) is 5.82 Å². The average Bonchev–Trinajstić information content (AvgIpc) is 2.54. The van der Waals surface area contributed by atoms with E-state index in [0.717, 1.165) is 16.5 Å². The first-order valence-corrected chi connectivity index (χ1v) is 8.14. The molecule has 4 aromatic rings. The number of anilines is 1. The van der Waals surface area contributed by atoms with Crippen molar-refractivity contribution in [3.05, 3.63) is 70.3 Å². The summed E-state index contributed by atoms with van der Waals surface area (Å²) in [6, 6.07) is 23.0. The van der Waals surface area contributed by atoms with Crippen molar-refractivity contribution in [3.8, 4) is 11.1 Å². The van der Waals surface area contributed by atoms with Crippen LogP contribution in [0, 0.1) is 3.57 Å². The van der Waals surface area contributed by atoms with Crippen molar-refractivity contribution in [1.82, 2.24) is 4.98 Å². The van der Waals surface area contributed by atoms with Gasteiger partial charge in [-0.3, -0.25) is 0 Å². The second-order valence-corrected chi connectivity index (χ2v) is 6.53. The van der Waals surface area contributed by atoms with Crippen molar-refractivity contribution in [1.29, 1.82) is 0 Å². The van der Waals surface area contributed by atoms with Gasteiger partial charge in [0, 0.05) is 14.5 Å². The molecule has 0 spiro atoms. The Morgan fingerprint density at radius 3 is 2.50 bits per heavy atom. The molecule has 0 aliphatic rings. The average molecular weight is 396 g/mol. The highest BCUT2D eigenvalue weighted by molar-refractivity contribution is 14.1. The summed E-state index contributed by atoms with van der Waals surface area (Å²) in [5, 5.41) is 3.58. The molecule has 4 rings (SSSR count). The number of hydrogen-bond acceptors (Lipinski definition) is 2. The monoisotopic (exact) mass is 396 g/mol. The minimum atomic E-state index is 0.551. The third-order valence-electron chi connectivity index (χ3n) is 3.86. The van der Waals surface area contributed by atoms with Crippen molar-refractivity contribution in [2.75, 3.05) is 5.73 Å². The van der Waals surface area contributed by atoms with Crippen molar-refractivity contribution in [2.24, 2.45) is 0 Å². The molecule has 3 aromatic carbocycles. The molecular weight excluding hydrogens is 383 g/mol. The first kappa shape index (κ1) is 13.5. The molecule has 0 amide bonds. The summed E-state index contributed by atoms with van der Waals surface area (Å²) in [5.41, 5.74) is 9.19. The fourth-order valence-electron chi connectivity index (χ4n) is 2.88. The lowest BCUT2D eigenvalue weighted by molar-refractivity contribution is 1.41. The van der Waals surface area contributed by atoms with Crippen LogP contribution >= 0.6 is 22.6 Å². The van der Waals surface area contributed by atoms with E-state index in [1.807, 2.05) is 12.1 Å². The highest BCUT2D eigenvalue weighted by Crippen LogP contribution is 2.34. The molecule has 0 atom stereocenters. The summed E-state index contributed by atoms with van der Waals surface area (Å²) in [7, 11) is 0. The van der Waals surface area contributed by atoms with E-state index in [1.54, 1.807) is 0 Å². The summed E-state index contributed by atoms with van der Waals surface area (Å²) >= 11 is 2.35. The summed E-state index contributed by atoms with van der Waals surface area (Å²) in [6.45, 7) is 0. The maximum absolute atomic E-state index is 5.91. The zero-order valence-corrected chi connectivity index (χ0v) is 13.9. The highest BCUT2D eigenvalue weighted by atomic mass is 127. The predicted octanol–water partition coefficient (Wildman–Crippen LogP) is 5.24. The normalized spacial score (nSPS) is 11.1. The number of benzene rings is 3. The Bertz CT molecular complexity index is 1000. The maximum Gasteiger partial charge on any atom is 0.124 e. The molecule has 0 unspecified atom stereocenters. The smallest absolute Gasteiger partial charge is 0.124 e. The van der Waals surface area contributed by atoms with E-state index in [0.29, 0.717) is 5.82 Å². The van der Waals surface area contributed by atoms with Crippen molar-refractivity contribution in [2.45, 2.75) is 0 Å². The van der Waals surface area contributed by atoms with Crippen LogP contribution in [0.2, 0.25) is 0 Å². The van der Waals surface area contributed by atoms with Crippen molar-refractivity contribution < 1.29 is 0 Å². The standard InChI is InChI=1S/C19H13IN2/c20-14-10-13-8-9-18(21)22-19(13)17(11-14)16-7-3-5-12-4-1-2-6-15(12)16/h1-11H,(H2,21,22). The van der Waals surface area contributed by atoms with E-state index in [9.17, 15) is 0 Å². The molecule has 2 N–H and O–H groups in total. The molecule has 0 fully saturated rings. The Kier molecular flexibility index (Phi) is 3.22. The Morgan fingerprint density at radius 1 is 0.773 bits per heavy atom. The number of rotatable bonds is 1. The Hall–Kier alpha value is -2.14. The molecule has 3 heteroatoms. The quantitative estimate of drug-likeness (QED) is 0.447. The maximum atomic E-state index is 5.91. The van der Waals surface area contributed by atoms with Gasteiger partial charge in [-0.05, 0) is 63.2 Å². The third kappa shape index (κ3) is 2.22. The molecule has 1 heterocycles. The molecule has 1 aromatic heterocycles. The van der Waals surface area contributed by atoms with Crippen LogP contribution in [0.4, 0.5) is 5.82 Å². The van der Waals surface area contributed by atoms with Gasteiger partial charge < -0.3 is 5.73 Å². The molecule has 0 radical (unpaired) electrons. The van der Waals surface area contributed by atoms with Crippen molar-refractivity contribution in [3.63, 3.8) is 0 Å². The van der Waals surface area contributed by atoms with Crippen LogP contribution < -0.4 is 5.73 Å². The second-order valence-electron chi connectivity index (χ2n) is 5.29. The number of aromatic nitrogens is 1. The first-order chi connectivity index (χ1) is 10.7. The Labute approximate surface area is 142 Å². The molecule has 0 saturated heterocycles. The molecule has 2 nitrogen and oxygen atoms in total. The molecule has 0 saturated carbocycles. The molecular formula is C19H13IN2. The molecule has 0 aliphatic heterocycles. The molecule has 22 heavy (non-hydrogen) atoms. The van der Waals surface area contributed by atoms with E-state index in [2.05, 4.69) is 82.2 Å². The highest BCUT2D eigenvalue weighted by Gasteiger charge is 2.10. The van der Waals surface area contributed by atoms with Gasteiger partial charge in [-0.2, -0.15) is 0 Å². The topological polar surface area (TPSA) is 38.9 Å².